The number of ether oxygens (including phenoxy) is 3. The van der Waals surface area contributed by atoms with Crippen molar-refractivity contribution < 1.29 is 28.6 Å². The summed E-state index contributed by atoms with van der Waals surface area (Å²) in [4.78, 5) is 35.8. The van der Waals surface area contributed by atoms with Crippen LogP contribution in [0.3, 0.4) is 0 Å². The molecular weight excluding hydrogens is 396 g/mol. The van der Waals surface area contributed by atoms with Crippen LogP contribution in [0.2, 0.25) is 0 Å². The lowest BCUT2D eigenvalue weighted by Gasteiger charge is -2.22. The Balaban J connectivity index is 1.48. The van der Waals surface area contributed by atoms with Crippen LogP contribution in [0.25, 0.3) is 0 Å². The molecule has 164 valence electrons. The molecule has 1 saturated carbocycles. The van der Waals surface area contributed by atoms with E-state index in [4.69, 9.17) is 14.2 Å². The third-order valence-corrected chi connectivity index (χ3v) is 5.59. The Kier molecular flexibility index (Phi) is 7.82. The molecule has 2 aromatic carbocycles. The van der Waals surface area contributed by atoms with E-state index in [1.165, 1.54) is 51.7 Å². The lowest BCUT2D eigenvalue weighted by atomic mass is 9.84. The van der Waals surface area contributed by atoms with Crippen molar-refractivity contribution in [1.82, 2.24) is 0 Å². The number of carbonyl (C=O) groups excluding carboxylic acids is 3. The number of benzene rings is 2. The maximum absolute atomic E-state index is 12.3. The first kappa shape index (κ1) is 22.5. The van der Waals surface area contributed by atoms with Crippen molar-refractivity contribution in [3.63, 3.8) is 0 Å². The first-order chi connectivity index (χ1) is 15.0. The standard InChI is InChI=1S/C25H28O6/c1-17(26)21-12-13-23(24(14-21)29-2)30-16-25(28)31-15-22(27)20-10-8-19(9-11-20)18-6-4-3-5-7-18/h8-14,18H,3-7,15-16H2,1-2H3. The summed E-state index contributed by atoms with van der Waals surface area (Å²) in [7, 11) is 1.45. The maximum Gasteiger partial charge on any atom is 0.344 e. The van der Waals surface area contributed by atoms with Crippen LogP contribution in [-0.4, -0.2) is 37.9 Å². The fourth-order valence-electron chi connectivity index (χ4n) is 3.79. The molecule has 0 aromatic heterocycles. The summed E-state index contributed by atoms with van der Waals surface area (Å²) >= 11 is 0. The van der Waals surface area contributed by atoms with Gasteiger partial charge in [0.2, 0.25) is 0 Å². The maximum atomic E-state index is 12.3. The highest BCUT2D eigenvalue weighted by Crippen LogP contribution is 2.32. The molecule has 6 nitrogen and oxygen atoms in total. The molecule has 0 atom stereocenters. The van der Waals surface area contributed by atoms with Crippen LogP contribution in [-0.2, 0) is 9.53 Å². The second-order valence-corrected chi connectivity index (χ2v) is 7.75. The Hall–Kier alpha value is -3.15. The summed E-state index contributed by atoms with van der Waals surface area (Å²) in [6.07, 6.45) is 6.23. The van der Waals surface area contributed by atoms with Gasteiger partial charge in [0.25, 0.3) is 0 Å². The smallest absolute Gasteiger partial charge is 0.344 e. The normalized spacial score (nSPS) is 14.0. The molecule has 0 saturated heterocycles. The van der Waals surface area contributed by atoms with E-state index in [0.29, 0.717) is 28.5 Å². The van der Waals surface area contributed by atoms with Crippen molar-refractivity contribution in [2.75, 3.05) is 20.3 Å². The summed E-state index contributed by atoms with van der Waals surface area (Å²) < 4.78 is 15.7. The van der Waals surface area contributed by atoms with E-state index in [-0.39, 0.29) is 24.8 Å². The van der Waals surface area contributed by atoms with Crippen molar-refractivity contribution in [2.45, 2.75) is 44.9 Å². The molecule has 3 rings (SSSR count). The highest BCUT2D eigenvalue weighted by Gasteiger charge is 2.17. The van der Waals surface area contributed by atoms with Gasteiger partial charge in [-0.1, -0.05) is 43.5 Å². The number of carbonyl (C=O) groups is 3. The van der Waals surface area contributed by atoms with Crippen molar-refractivity contribution >= 4 is 17.5 Å². The Bertz CT molecular complexity index is 926. The van der Waals surface area contributed by atoms with Gasteiger partial charge in [0.05, 0.1) is 7.11 Å². The average Bonchev–Trinajstić information content (AvgIpc) is 2.81. The molecule has 0 heterocycles. The van der Waals surface area contributed by atoms with Crippen molar-refractivity contribution in [3.8, 4) is 11.5 Å². The molecule has 0 bridgehead atoms. The Labute approximate surface area is 182 Å². The van der Waals surface area contributed by atoms with Crippen molar-refractivity contribution in [3.05, 3.63) is 59.2 Å². The van der Waals surface area contributed by atoms with Crippen LogP contribution < -0.4 is 9.47 Å². The van der Waals surface area contributed by atoms with Crippen LogP contribution in [0.15, 0.2) is 42.5 Å². The van der Waals surface area contributed by atoms with Crippen LogP contribution >= 0.6 is 0 Å². The van der Waals surface area contributed by atoms with Gasteiger partial charge in [-0.2, -0.15) is 0 Å². The zero-order chi connectivity index (χ0) is 22.2. The summed E-state index contributed by atoms with van der Waals surface area (Å²) in [5.41, 5.74) is 2.27. The minimum absolute atomic E-state index is 0.102. The average molecular weight is 424 g/mol. The summed E-state index contributed by atoms with van der Waals surface area (Å²) in [6.45, 7) is 0.738. The van der Waals surface area contributed by atoms with E-state index in [2.05, 4.69) is 0 Å². The first-order valence-electron chi connectivity index (χ1n) is 10.6. The summed E-state index contributed by atoms with van der Waals surface area (Å²) in [5.74, 6) is 0.212. The molecule has 0 aliphatic heterocycles. The molecule has 0 N–H and O–H groups in total. The largest absolute Gasteiger partial charge is 0.493 e. The van der Waals surface area contributed by atoms with Gasteiger partial charge in [-0.3, -0.25) is 9.59 Å². The van der Waals surface area contributed by atoms with Crippen molar-refractivity contribution in [2.24, 2.45) is 0 Å². The molecule has 0 spiro atoms. The van der Waals surface area contributed by atoms with E-state index >= 15 is 0 Å². The highest BCUT2D eigenvalue weighted by atomic mass is 16.6. The molecule has 0 amide bonds. The van der Waals surface area contributed by atoms with Gasteiger partial charge >= 0.3 is 5.97 Å². The van der Waals surface area contributed by atoms with Crippen LogP contribution in [0.1, 0.15) is 71.2 Å². The molecule has 6 heteroatoms. The van der Waals surface area contributed by atoms with E-state index in [1.807, 2.05) is 12.1 Å². The Morgan fingerprint density at radius 2 is 1.55 bits per heavy atom. The number of methoxy groups -OCH3 is 1. The lowest BCUT2D eigenvalue weighted by Crippen LogP contribution is -2.19. The summed E-state index contributed by atoms with van der Waals surface area (Å²) in [6, 6.07) is 12.3. The number of rotatable bonds is 9. The van der Waals surface area contributed by atoms with Gasteiger partial charge in [-0.25, -0.2) is 4.79 Å². The van der Waals surface area contributed by atoms with Gasteiger partial charge in [0.1, 0.15) is 0 Å². The third kappa shape index (κ3) is 6.17. The van der Waals surface area contributed by atoms with Gasteiger partial charge in [0, 0.05) is 11.1 Å². The molecule has 0 unspecified atom stereocenters. The van der Waals surface area contributed by atoms with Crippen LogP contribution in [0.4, 0.5) is 0 Å². The number of hydrogen-bond donors (Lipinski definition) is 0. The first-order valence-corrected chi connectivity index (χ1v) is 10.6. The number of hydrogen-bond acceptors (Lipinski definition) is 6. The molecule has 31 heavy (non-hydrogen) atoms. The fraction of sp³-hybridized carbons (Fsp3) is 0.400. The minimum atomic E-state index is -0.662. The second-order valence-electron chi connectivity index (χ2n) is 7.75. The zero-order valence-electron chi connectivity index (χ0n) is 18.0. The van der Waals surface area contributed by atoms with E-state index < -0.39 is 5.97 Å². The quantitative estimate of drug-likeness (QED) is 0.427. The minimum Gasteiger partial charge on any atom is -0.493 e. The zero-order valence-corrected chi connectivity index (χ0v) is 18.0. The molecule has 1 aliphatic rings. The van der Waals surface area contributed by atoms with E-state index in [1.54, 1.807) is 30.3 Å². The highest BCUT2D eigenvalue weighted by molar-refractivity contribution is 5.98. The molecule has 1 aliphatic carbocycles. The SMILES string of the molecule is COc1cc(C(C)=O)ccc1OCC(=O)OCC(=O)c1ccc(C2CCCCC2)cc1. The monoisotopic (exact) mass is 424 g/mol. The van der Waals surface area contributed by atoms with E-state index in [0.717, 1.165) is 0 Å². The van der Waals surface area contributed by atoms with Crippen molar-refractivity contribution in [1.29, 1.82) is 0 Å². The summed E-state index contributed by atoms with van der Waals surface area (Å²) in [5, 5.41) is 0. The van der Waals surface area contributed by atoms with Gasteiger partial charge in [0.15, 0.2) is 36.3 Å². The molecule has 1 fully saturated rings. The Morgan fingerprint density at radius 1 is 0.871 bits per heavy atom. The molecular formula is C25H28O6. The second kappa shape index (κ2) is 10.8. The third-order valence-electron chi connectivity index (χ3n) is 5.59. The van der Waals surface area contributed by atoms with Gasteiger partial charge < -0.3 is 14.2 Å². The number of Topliss-reactive ketones (excluding diaryl/α,β-unsaturated/α-hetero) is 2. The van der Waals surface area contributed by atoms with Gasteiger partial charge in [-0.05, 0) is 49.4 Å². The number of esters is 1. The lowest BCUT2D eigenvalue weighted by molar-refractivity contribution is -0.144. The van der Waals surface area contributed by atoms with Crippen LogP contribution in [0.5, 0.6) is 11.5 Å². The predicted octanol–water partition coefficient (Wildman–Crippen LogP) is 4.75. The molecule has 2 aromatic rings. The fourth-order valence-corrected chi connectivity index (χ4v) is 3.79. The molecule has 0 radical (unpaired) electrons. The predicted molar refractivity (Wildman–Crippen MR) is 116 cm³/mol. The topological polar surface area (TPSA) is 78.9 Å². The van der Waals surface area contributed by atoms with E-state index in [9.17, 15) is 14.4 Å². The van der Waals surface area contributed by atoms with Gasteiger partial charge in [-0.15, -0.1) is 0 Å². The van der Waals surface area contributed by atoms with Crippen LogP contribution in [0, 0.1) is 0 Å². The Morgan fingerprint density at radius 3 is 2.19 bits per heavy atom. The number of ketones is 2.